The lowest BCUT2D eigenvalue weighted by molar-refractivity contribution is -0.141. The van der Waals surface area contributed by atoms with E-state index >= 15 is 0 Å². The van der Waals surface area contributed by atoms with Crippen molar-refractivity contribution in [2.24, 2.45) is 7.05 Å². The lowest BCUT2D eigenvalue weighted by atomic mass is 9.98. The first-order valence-corrected chi connectivity index (χ1v) is 8.38. The number of rotatable bonds is 5. The van der Waals surface area contributed by atoms with Gasteiger partial charge >= 0.3 is 6.18 Å². The Hall–Kier alpha value is -3.30. The zero-order valence-electron chi connectivity index (χ0n) is 15.1. The van der Waals surface area contributed by atoms with Crippen LogP contribution in [0.25, 0.3) is 0 Å². The van der Waals surface area contributed by atoms with Crippen LogP contribution in [0.3, 0.4) is 0 Å². The molecule has 28 heavy (non-hydrogen) atoms. The molecular weight excluding hydrogens is 373 g/mol. The second-order valence-electron chi connectivity index (χ2n) is 6.30. The van der Waals surface area contributed by atoms with Crippen molar-refractivity contribution in [1.29, 1.82) is 0 Å². The minimum atomic E-state index is -4.62. The van der Waals surface area contributed by atoms with Crippen LogP contribution in [-0.4, -0.2) is 30.6 Å². The molecule has 0 spiro atoms. The lowest BCUT2D eigenvalue weighted by Gasteiger charge is -2.13. The monoisotopic (exact) mass is 390 g/mol. The Balaban J connectivity index is 1.74. The van der Waals surface area contributed by atoms with E-state index in [1.165, 1.54) is 12.3 Å². The summed E-state index contributed by atoms with van der Waals surface area (Å²) in [6, 6.07) is 6.64. The average Bonchev–Trinajstić information content (AvgIpc) is 3.06. The topological polar surface area (TPSA) is 85.6 Å². The largest absolute Gasteiger partial charge is 0.433 e. The molecule has 3 heterocycles. The molecule has 0 saturated heterocycles. The summed E-state index contributed by atoms with van der Waals surface area (Å²) in [5.74, 6) is 0.333. The zero-order chi connectivity index (χ0) is 20.3. The first-order valence-electron chi connectivity index (χ1n) is 8.38. The standard InChI is InChI=1S/C18H17F3N6O/c1-11(8-16-26-23-10-27(16)2)12-6-7-22-15(9-12)25-17(28)13-4-3-5-14(24-13)18(19,20)21/h3-7,9-11H,8H2,1-2H3,(H,22,25,28). The Kier molecular flexibility index (Phi) is 5.39. The second kappa shape index (κ2) is 7.75. The van der Waals surface area contributed by atoms with E-state index < -0.39 is 17.8 Å². The normalized spacial score (nSPS) is 12.6. The van der Waals surface area contributed by atoms with Crippen LogP contribution in [-0.2, 0) is 19.6 Å². The molecule has 0 aromatic carbocycles. The van der Waals surface area contributed by atoms with Gasteiger partial charge in [-0.05, 0) is 35.7 Å². The number of carbonyl (C=O) groups is 1. The van der Waals surface area contributed by atoms with Gasteiger partial charge in [0.25, 0.3) is 5.91 Å². The van der Waals surface area contributed by atoms with E-state index in [9.17, 15) is 18.0 Å². The van der Waals surface area contributed by atoms with Gasteiger partial charge in [-0.3, -0.25) is 4.79 Å². The molecule has 1 unspecified atom stereocenters. The number of alkyl halides is 3. The quantitative estimate of drug-likeness (QED) is 0.723. The molecule has 10 heteroatoms. The van der Waals surface area contributed by atoms with Crippen LogP contribution >= 0.6 is 0 Å². The second-order valence-corrected chi connectivity index (χ2v) is 6.30. The number of nitrogens with zero attached hydrogens (tertiary/aromatic N) is 5. The molecule has 1 amide bonds. The predicted octanol–water partition coefficient (Wildman–Crippen LogP) is 3.22. The van der Waals surface area contributed by atoms with Crippen molar-refractivity contribution in [3.05, 3.63) is 65.6 Å². The number of anilines is 1. The van der Waals surface area contributed by atoms with Gasteiger partial charge in [0, 0.05) is 19.7 Å². The Morgan fingerprint density at radius 1 is 1.29 bits per heavy atom. The van der Waals surface area contributed by atoms with Crippen molar-refractivity contribution in [3.8, 4) is 0 Å². The third-order valence-electron chi connectivity index (χ3n) is 4.16. The van der Waals surface area contributed by atoms with E-state index in [-0.39, 0.29) is 17.4 Å². The maximum Gasteiger partial charge on any atom is 0.433 e. The van der Waals surface area contributed by atoms with Crippen molar-refractivity contribution < 1.29 is 18.0 Å². The molecule has 0 bridgehead atoms. The van der Waals surface area contributed by atoms with Crippen molar-refractivity contribution in [2.45, 2.75) is 25.4 Å². The van der Waals surface area contributed by atoms with Crippen molar-refractivity contribution in [3.63, 3.8) is 0 Å². The highest BCUT2D eigenvalue weighted by atomic mass is 19.4. The number of carbonyl (C=O) groups excluding carboxylic acids is 1. The molecule has 7 nitrogen and oxygen atoms in total. The van der Waals surface area contributed by atoms with Gasteiger partial charge in [-0.25, -0.2) is 9.97 Å². The highest BCUT2D eigenvalue weighted by Crippen LogP contribution is 2.27. The number of hydrogen-bond donors (Lipinski definition) is 1. The van der Waals surface area contributed by atoms with Crippen LogP contribution < -0.4 is 5.32 Å². The van der Waals surface area contributed by atoms with Crippen LogP contribution in [0.1, 0.15) is 40.4 Å². The maximum atomic E-state index is 12.8. The van der Waals surface area contributed by atoms with Gasteiger partial charge in [-0.15, -0.1) is 10.2 Å². The number of pyridine rings is 2. The zero-order valence-corrected chi connectivity index (χ0v) is 15.1. The molecule has 3 rings (SSSR count). The minimum Gasteiger partial charge on any atom is -0.321 e. The van der Waals surface area contributed by atoms with Gasteiger partial charge in [-0.1, -0.05) is 13.0 Å². The summed E-state index contributed by atoms with van der Waals surface area (Å²) in [7, 11) is 1.85. The summed E-state index contributed by atoms with van der Waals surface area (Å²) in [6.07, 6.45) is -0.854. The van der Waals surface area contributed by atoms with Gasteiger partial charge in [0.1, 0.15) is 29.4 Å². The number of aryl methyl sites for hydroxylation is 1. The fraction of sp³-hybridized carbons (Fsp3) is 0.278. The fourth-order valence-corrected chi connectivity index (χ4v) is 2.60. The van der Waals surface area contributed by atoms with E-state index in [4.69, 9.17) is 0 Å². The van der Waals surface area contributed by atoms with Crippen molar-refractivity contribution >= 4 is 11.7 Å². The van der Waals surface area contributed by atoms with Crippen LogP contribution in [0.2, 0.25) is 0 Å². The Morgan fingerprint density at radius 2 is 2.07 bits per heavy atom. The van der Waals surface area contributed by atoms with Crippen LogP contribution in [0.15, 0.2) is 42.9 Å². The van der Waals surface area contributed by atoms with Crippen LogP contribution in [0, 0.1) is 0 Å². The first-order chi connectivity index (χ1) is 13.2. The fourth-order valence-electron chi connectivity index (χ4n) is 2.60. The number of aromatic nitrogens is 5. The molecule has 0 saturated carbocycles. The van der Waals surface area contributed by atoms with Gasteiger partial charge in [0.2, 0.25) is 0 Å². The Morgan fingerprint density at radius 3 is 2.75 bits per heavy atom. The van der Waals surface area contributed by atoms with E-state index in [2.05, 4.69) is 25.5 Å². The third kappa shape index (κ3) is 4.51. The van der Waals surface area contributed by atoms with E-state index in [1.807, 2.05) is 18.5 Å². The number of nitrogens with one attached hydrogen (secondary N) is 1. The van der Waals surface area contributed by atoms with Gasteiger partial charge in [0.15, 0.2) is 0 Å². The molecule has 3 aromatic heterocycles. The molecule has 0 fully saturated rings. The van der Waals surface area contributed by atoms with Crippen LogP contribution in [0.5, 0.6) is 0 Å². The highest BCUT2D eigenvalue weighted by molar-refractivity contribution is 6.02. The Bertz CT molecular complexity index is 985. The third-order valence-corrected chi connectivity index (χ3v) is 4.16. The molecular formula is C18H17F3N6O. The summed E-state index contributed by atoms with van der Waals surface area (Å²) in [5, 5.41) is 10.4. The number of hydrogen-bond acceptors (Lipinski definition) is 5. The smallest absolute Gasteiger partial charge is 0.321 e. The Labute approximate surface area is 158 Å². The first kappa shape index (κ1) is 19.5. The number of amides is 1. The summed E-state index contributed by atoms with van der Waals surface area (Å²) < 4.78 is 40.1. The van der Waals surface area contributed by atoms with Gasteiger partial charge in [-0.2, -0.15) is 13.2 Å². The minimum absolute atomic E-state index is 0.0632. The van der Waals surface area contributed by atoms with E-state index in [0.717, 1.165) is 23.5 Å². The molecule has 1 atom stereocenters. The van der Waals surface area contributed by atoms with E-state index in [1.54, 1.807) is 18.5 Å². The van der Waals surface area contributed by atoms with Gasteiger partial charge < -0.3 is 9.88 Å². The molecule has 0 aliphatic rings. The molecule has 0 radical (unpaired) electrons. The maximum absolute atomic E-state index is 12.8. The van der Waals surface area contributed by atoms with Crippen molar-refractivity contribution in [2.75, 3.05) is 5.32 Å². The molecule has 146 valence electrons. The number of halogens is 3. The SMILES string of the molecule is CC(Cc1nncn1C)c1ccnc(NC(=O)c2cccc(C(F)(F)F)n2)c1. The summed E-state index contributed by atoms with van der Waals surface area (Å²) in [4.78, 5) is 19.7. The average molecular weight is 390 g/mol. The highest BCUT2D eigenvalue weighted by Gasteiger charge is 2.33. The van der Waals surface area contributed by atoms with Gasteiger partial charge in [0.05, 0.1) is 0 Å². The molecule has 0 aliphatic heterocycles. The van der Waals surface area contributed by atoms with Crippen LogP contribution in [0.4, 0.5) is 19.0 Å². The summed E-state index contributed by atoms with van der Waals surface area (Å²) in [5.41, 5.74) is -0.571. The summed E-state index contributed by atoms with van der Waals surface area (Å²) >= 11 is 0. The predicted molar refractivity (Wildman–Crippen MR) is 94.6 cm³/mol. The van der Waals surface area contributed by atoms with Crippen molar-refractivity contribution in [1.82, 2.24) is 24.7 Å². The summed E-state index contributed by atoms with van der Waals surface area (Å²) in [6.45, 7) is 1.99. The molecule has 3 aromatic rings. The molecule has 1 N–H and O–H groups in total. The lowest BCUT2D eigenvalue weighted by Crippen LogP contribution is -2.17. The van der Waals surface area contributed by atoms with E-state index in [0.29, 0.717) is 6.42 Å². The molecule has 0 aliphatic carbocycles.